The van der Waals surface area contributed by atoms with Gasteiger partial charge >= 0.3 is 0 Å². The van der Waals surface area contributed by atoms with Gasteiger partial charge in [-0.05, 0) is 31.4 Å². The van der Waals surface area contributed by atoms with Gasteiger partial charge in [0.1, 0.15) is 0 Å². The Labute approximate surface area is 72.5 Å². The maximum Gasteiger partial charge on any atom is 0.0855 e. The topological polar surface area (TPSA) is 21.3 Å². The van der Waals surface area contributed by atoms with E-state index in [9.17, 15) is 0 Å². The smallest absolute Gasteiger partial charge is 0.0855 e. The van der Waals surface area contributed by atoms with Gasteiger partial charge in [0.05, 0.1) is 11.8 Å². The first-order valence-electron chi connectivity index (χ1n) is 4.33. The van der Waals surface area contributed by atoms with Gasteiger partial charge in [-0.2, -0.15) is 0 Å². The molecule has 12 heavy (non-hydrogen) atoms. The second-order valence-electron chi connectivity index (χ2n) is 3.23. The third-order valence-corrected chi connectivity index (χ3v) is 2.00. The summed E-state index contributed by atoms with van der Waals surface area (Å²) in [4.78, 5) is 5.37. The Morgan fingerprint density at radius 1 is 1.33 bits per heavy atom. The molecule has 0 aromatic heterocycles. The molecule has 1 aliphatic rings. The van der Waals surface area contributed by atoms with E-state index in [0.29, 0.717) is 6.10 Å². The van der Waals surface area contributed by atoms with Crippen molar-refractivity contribution in [2.45, 2.75) is 25.9 Å². The molecule has 2 nitrogen and oxygen atoms in total. The Hall–Kier alpha value is -1.02. The van der Waals surface area contributed by atoms with Crippen molar-refractivity contribution < 1.29 is 4.84 Å². The molecule has 0 spiro atoms. The van der Waals surface area contributed by atoms with E-state index in [1.54, 1.807) is 0 Å². The third kappa shape index (κ3) is 1.77. The monoisotopic (exact) mass is 163 g/mol. The lowest BCUT2D eigenvalue weighted by molar-refractivity contribution is 0.178. The highest BCUT2D eigenvalue weighted by Crippen LogP contribution is 2.24. The Morgan fingerprint density at radius 3 is 2.75 bits per heavy atom. The molecule has 1 aliphatic carbocycles. The van der Waals surface area contributed by atoms with E-state index in [2.05, 4.69) is 18.5 Å². The molecule has 2 rings (SSSR count). The van der Waals surface area contributed by atoms with Crippen molar-refractivity contribution >= 4 is 5.69 Å². The highest BCUT2D eigenvalue weighted by Gasteiger charge is 2.22. The lowest BCUT2D eigenvalue weighted by Crippen LogP contribution is -2.03. The molecule has 0 radical (unpaired) electrons. The summed E-state index contributed by atoms with van der Waals surface area (Å²) in [5, 5.41) is 0. The van der Waals surface area contributed by atoms with Crippen LogP contribution in [-0.2, 0) is 4.84 Å². The second kappa shape index (κ2) is 3.15. The van der Waals surface area contributed by atoms with Crippen LogP contribution in [0.15, 0.2) is 24.3 Å². The predicted molar refractivity (Wildman–Crippen MR) is 48.9 cm³/mol. The SMILES string of the molecule is Cc1ccccc1NOC1CC1. The number of hydrogen-bond acceptors (Lipinski definition) is 2. The molecule has 1 fully saturated rings. The number of nitrogens with one attached hydrogen (secondary N) is 1. The average molecular weight is 163 g/mol. The van der Waals surface area contributed by atoms with Crippen LogP contribution in [0.4, 0.5) is 5.69 Å². The fourth-order valence-electron chi connectivity index (χ4n) is 1.02. The van der Waals surface area contributed by atoms with Gasteiger partial charge in [0, 0.05) is 0 Å². The number of benzene rings is 1. The highest BCUT2D eigenvalue weighted by atomic mass is 16.7. The summed E-state index contributed by atoms with van der Waals surface area (Å²) in [7, 11) is 0. The number of rotatable bonds is 3. The summed E-state index contributed by atoms with van der Waals surface area (Å²) in [5.74, 6) is 0. The molecule has 1 aromatic rings. The number of aryl methyl sites for hydroxylation is 1. The van der Waals surface area contributed by atoms with Crippen LogP contribution in [0, 0.1) is 6.92 Å². The Kier molecular flexibility index (Phi) is 2.00. The Bertz CT molecular complexity index is 268. The molecular weight excluding hydrogens is 150 g/mol. The van der Waals surface area contributed by atoms with Crippen LogP contribution in [0.25, 0.3) is 0 Å². The first-order chi connectivity index (χ1) is 5.86. The van der Waals surface area contributed by atoms with Gasteiger partial charge in [-0.3, -0.25) is 10.3 Å². The number of para-hydroxylation sites is 1. The lowest BCUT2D eigenvalue weighted by Gasteiger charge is -2.07. The first-order valence-corrected chi connectivity index (χ1v) is 4.33. The van der Waals surface area contributed by atoms with Crippen molar-refractivity contribution in [2.75, 3.05) is 5.48 Å². The quantitative estimate of drug-likeness (QED) is 0.691. The first kappa shape index (κ1) is 7.62. The minimum Gasteiger partial charge on any atom is -0.273 e. The summed E-state index contributed by atoms with van der Waals surface area (Å²) >= 11 is 0. The van der Waals surface area contributed by atoms with E-state index in [-0.39, 0.29) is 0 Å². The second-order valence-corrected chi connectivity index (χ2v) is 3.23. The zero-order valence-corrected chi connectivity index (χ0v) is 7.21. The molecule has 0 unspecified atom stereocenters. The third-order valence-electron chi connectivity index (χ3n) is 2.00. The van der Waals surface area contributed by atoms with Gasteiger partial charge in [0.2, 0.25) is 0 Å². The van der Waals surface area contributed by atoms with Crippen LogP contribution in [0.5, 0.6) is 0 Å². The molecule has 1 N–H and O–H groups in total. The van der Waals surface area contributed by atoms with E-state index in [1.165, 1.54) is 18.4 Å². The summed E-state index contributed by atoms with van der Waals surface area (Å²) < 4.78 is 0. The largest absolute Gasteiger partial charge is 0.273 e. The van der Waals surface area contributed by atoms with Crippen LogP contribution in [0.1, 0.15) is 18.4 Å². The molecule has 1 saturated carbocycles. The van der Waals surface area contributed by atoms with E-state index in [0.717, 1.165) is 5.69 Å². The van der Waals surface area contributed by atoms with Crippen LogP contribution < -0.4 is 5.48 Å². The molecule has 0 aliphatic heterocycles. The van der Waals surface area contributed by atoms with Crippen molar-refractivity contribution in [2.24, 2.45) is 0 Å². The van der Waals surface area contributed by atoms with Crippen LogP contribution >= 0.6 is 0 Å². The van der Waals surface area contributed by atoms with Crippen molar-refractivity contribution in [3.05, 3.63) is 29.8 Å². The molecule has 0 atom stereocenters. The van der Waals surface area contributed by atoms with Gasteiger partial charge in [-0.15, -0.1) is 0 Å². The number of anilines is 1. The summed E-state index contributed by atoms with van der Waals surface area (Å²) in [6.07, 6.45) is 2.84. The van der Waals surface area contributed by atoms with Gasteiger partial charge < -0.3 is 0 Å². The van der Waals surface area contributed by atoms with Crippen molar-refractivity contribution in [3.8, 4) is 0 Å². The van der Waals surface area contributed by atoms with E-state index < -0.39 is 0 Å². The Morgan fingerprint density at radius 2 is 2.08 bits per heavy atom. The van der Waals surface area contributed by atoms with E-state index >= 15 is 0 Å². The molecule has 64 valence electrons. The van der Waals surface area contributed by atoms with Gasteiger partial charge in [-0.1, -0.05) is 18.2 Å². The van der Waals surface area contributed by atoms with E-state index in [1.807, 2.05) is 18.2 Å². The van der Waals surface area contributed by atoms with Gasteiger partial charge in [0.25, 0.3) is 0 Å². The lowest BCUT2D eigenvalue weighted by atomic mass is 10.2. The molecule has 0 saturated heterocycles. The summed E-state index contributed by atoms with van der Waals surface area (Å²) in [5.41, 5.74) is 5.27. The average Bonchev–Trinajstić information content (AvgIpc) is 2.86. The maximum atomic E-state index is 5.37. The normalized spacial score (nSPS) is 16.1. The van der Waals surface area contributed by atoms with Gasteiger partial charge in [0.15, 0.2) is 0 Å². The van der Waals surface area contributed by atoms with Crippen LogP contribution in [0.3, 0.4) is 0 Å². The molecule has 1 aromatic carbocycles. The maximum absolute atomic E-state index is 5.37. The zero-order valence-electron chi connectivity index (χ0n) is 7.21. The fraction of sp³-hybridized carbons (Fsp3) is 0.400. The zero-order chi connectivity index (χ0) is 8.39. The molecule has 0 amide bonds. The minimum atomic E-state index is 0.449. The van der Waals surface area contributed by atoms with Crippen LogP contribution in [-0.4, -0.2) is 6.10 Å². The fourth-order valence-corrected chi connectivity index (χ4v) is 1.02. The van der Waals surface area contributed by atoms with Crippen molar-refractivity contribution in [1.82, 2.24) is 0 Å². The standard InChI is InChI=1S/C10H13NO/c1-8-4-2-3-5-10(8)11-12-9-6-7-9/h2-5,9,11H,6-7H2,1H3. The highest BCUT2D eigenvalue weighted by molar-refractivity contribution is 5.48. The Balaban J connectivity index is 1.96. The van der Waals surface area contributed by atoms with Crippen molar-refractivity contribution in [3.63, 3.8) is 0 Å². The van der Waals surface area contributed by atoms with Crippen molar-refractivity contribution in [1.29, 1.82) is 0 Å². The van der Waals surface area contributed by atoms with Gasteiger partial charge in [-0.25, -0.2) is 0 Å². The summed E-state index contributed by atoms with van der Waals surface area (Å²) in [6, 6.07) is 8.12. The molecule has 2 heteroatoms. The minimum absolute atomic E-state index is 0.449. The number of hydrogen-bond donors (Lipinski definition) is 1. The molecule has 0 heterocycles. The predicted octanol–water partition coefficient (Wildman–Crippen LogP) is 2.50. The molecule has 0 bridgehead atoms. The molecular formula is C10H13NO. The summed E-state index contributed by atoms with van der Waals surface area (Å²) in [6.45, 7) is 2.07. The van der Waals surface area contributed by atoms with E-state index in [4.69, 9.17) is 4.84 Å². The van der Waals surface area contributed by atoms with Crippen LogP contribution in [0.2, 0.25) is 0 Å².